The van der Waals surface area contributed by atoms with E-state index in [0.29, 0.717) is 0 Å². The average Bonchev–Trinajstić information content (AvgIpc) is 1.67. The third-order valence-corrected chi connectivity index (χ3v) is 2.05. The molecule has 49 valence electrons. The molecule has 1 radical (unpaired) electrons. The van der Waals surface area contributed by atoms with Gasteiger partial charge in [-0.3, -0.25) is 5.73 Å². The van der Waals surface area contributed by atoms with Gasteiger partial charge in [0.05, 0.1) is 5.75 Å². The van der Waals surface area contributed by atoms with E-state index >= 15 is 0 Å². The van der Waals surface area contributed by atoms with E-state index in [0.717, 1.165) is 0 Å². The van der Waals surface area contributed by atoms with Crippen LogP contribution in [-0.4, -0.2) is 27.8 Å². The standard InChI is InChI=1S/C3H9N2O2S/c1-5-8(6,7)3-2-4/h4-5H,2-3H2,1H3. The van der Waals surface area contributed by atoms with Crippen LogP contribution in [0.2, 0.25) is 0 Å². The van der Waals surface area contributed by atoms with E-state index in [1.54, 1.807) is 0 Å². The minimum absolute atomic E-state index is 0.0802. The summed E-state index contributed by atoms with van der Waals surface area (Å²) in [5.74, 6) is -0.108. The largest absolute Gasteiger partial charge is 0.257 e. The molecule has 5 heteroatoms. The topological polar surface area (TPSA) is 70.0 Å². The molecule has 0 unspecified atom stereocenters. The third kappa shape index (κ3) is 2.95. The van der Waals surface area contributed by atoms with Crippen LogP contribution in [0.1, 0.15) is 0 Å². The molecule has 0 aliphatic heterocycles. The molecule has 0 aromatic heterocycles. The zero-order chi connectivity index (χ0) is 6.62. The highest BCUT2D eigenvalue weighted by Gasteiger charge is 2.02. The monoisotopic (exact) mass is 137 g/mol. The Morgan fingerprint density at radius 2 is 2.12 bits per heavy atom. The second kappa shape index (κ2) is 3.01. The van der Waals surface area contributed by atoms with Crippen LogP contribution in [0.3, 0.4) is 0 Å². The van der Waals surface area contributed by atoms with E-state index in [9.17, 15) is 8.42 Å². The Hall–Kier alpha value is -0.130. The molecule has 0 fully saturated rings. The van der Waals surface area contributed by atoms with Gasteiger partial charge in [0.1, 0.15) is 0 Å². The maximum atomic E-state index is 10.4. The highest BCUT2D eigenvalue weighted by atomic mass is 32.2. The lowest BCUT2D eigenvalue weighted by Gasteiger charge is -1.95. The van der Waals surface area contributed by atoms with Crippen LogP contribution >= 0.6 is 0 Å². The van der Waals surface area contributed by atoms with E-state index in [1.807, 2.05) is 0 Å². The Kier molecular flexibility index (Phi) is 2.96. The highest BCUT2D eigenvalue weighted by Crippen LogP contribution is 1.76. The SMILES string of the molecule is CNS(=O)(=O)CC[NH]. The molecule has 0 aromatic carbocycles. The van der Waals surface area contributed by atoms with E-state index < -0.39 is 10.0 Å². The van der Waals surface area contributed by atoms with Crippen molar-refractivity contribution in [2.24, 2.45) is 0 Å². The first-order valence-corrected chi connectivity index (χ1v) is 3.83. The number of rotatable bonds is 3. The number of hydrogen-bond donors (Lipinski definition) is 1. The Morgan fingerprint density at radius 1 is 1.62 bits per heavy atom. The first-order chi connectivity index (χ1) is 3.62. The summed E-state index contributed by atoms with van der Waals surface area (Å²) in [6.07, 6.45) is 0. The number of hydrogen-bond acceptors (Lipinski definition) is 2. The first kappa shape index (κ1) is 7.87. The van der Waals surface area contributed by atoms with Crippen LogP contribution in [0.25, 0.3) is 0 Å². The van der Waals surface area contributed by atoms with Gasteiger partial charge in [-0.05, 0) is 7.05 Å². The molecule has 0 rings (SSSR count). The molecule has 0 saturated heterocycles. The van der Waals surface area contributed by atoms with E-state index in [2.05, 4.69) is 4.72 Å². The number of sulfonamides is 1. The van der Waals surface area contributed by atoms with Crippen molar-refractivity contribution in [3.05, 3.63) is 0 Å². The smallest absolute Gasteiger partial charge is 0.212 e. The Morgan fingerprint density at radius 3 is 2.25 bits per heavy atom. The summed E-state index contributed by atoms with van der Waals surface area (Å²) in [7, 11) is -1.77. The summed E-state index contributed by atoms with van der Waals surface area (Å²) in [4.78, 5) is 0. The van der Waals surface area contributed by atoms with Crippen molar-refractivity contribution in [3.8, 4) is 0 Å². The van der Waals surface area contributed by atoms with Gasteiger partial charge in [-0.15, -0.1) is 0 Å². The van der Waals surface area contributed by atoms with Gasteiger partial charge in [-0.1, -0.05) is 0 Å². The molecular formula is C3H9N2O2S. The molecule has 0 aliphatic carbocycles. The molecule has 0 spiro atoms. The molecule has 4 nitrogen and oxygen atoms in total. The van der Waals surface area contributed by atoms with Gasteiger partial charge < -0.3 is 0 Å². The minimum atomic E-state index is -3.11. The third-order valence-electron chi connectivity index (χ3n) is 0.682. The van der Waals surface area contributed by atoms with Crippen molar-refractivity contribution in [1.29, 1.82) is 0 Å². The van der Waals surface area contributed by atoms with Gasteiger partial charge in [0.15, 0.2) is 0 Å². The summed E-state index contributed by atoms with van der Waals surface area (Å²) >= 11 is 0. The summed E-state index contributed by atoms with van der Waals surface area (Å²) in [6, 6.07) is 0. The maximum absolute atomic E-state index is 10.4. The molecule has 0 bridgehead atoms. The van der Waals surface area contributed by atoms with Crippen LogP contribution in [0.5, 0.6) is 0 Å². The molecule has 0 aliphatic rings. The van der Waals surface area contributed by atoms with Crippen LogP contribution in [0.4, 0.5) is 0 Å². The lowest BCUT2D eigenvalue weighted by Crippen LogP contribution is -2.23. The zero-order valence-corrected chi connectivity index (χ0v) is 5.46. The van der Waals surface area contributed by atoms with Gasteiger partial charge >= 0.3 is 0 Å². The predicted molar refractivity (Wildman–Crippen MR) is 30.8 cm³/mol. The minimum Gasteiger partial charge on any atom is -0.257 e. The van der Waals surface area contributed by atoms with Gasteiger partial charge in [-0.2, -0.15) is 0 Å². The summed E-state index contributed by atoms with van der Waals surface area (Å²) in [6.45, 7) is -0.0802. The van der Waals surface area contributed by atoms with Crippen molar-refractivity contribution in [2.75, 3.05) is 19.3 Å². The molecule has 0 heterocycles. The second-order valence-corrected chi connectivity index (χ2v) is 3.32. The molecule has 0 saturated carbocycles. The van der Waals surface area contributed by atoms with Crippen LogP contribution in [-0.2, 0) is 10.0 Å². The summed E-state index contributed by atoms with van der Waals surface area (Å²) in [5.41, 5.74) is 6.54. The fraction of sp³-hybridized carbons (Fsp3) is 1.00. The average molecular weight is 137 g/mol. The molecule has 8 heavy (non-hydrogen) atoms. The van der Waals surface area contributed by atoms with Crippen molar-refractivity contribution in [1.82, 2.24) is 10.5 Å². The Bertz CT molecular complexity index is 139. The van der Waals surface area contributed by atoms with Gasteiger partial charge in [0, 0.05) is 6.54 Å². The number of nitrogens with one attached hydrogen (secondary N) is 2. The van der Waals surface area contributed by atoms with E-state index in [1.165, 1.54) is 7.05 Å². The Labute approximate surface area is 49.1 Å². The lowest BCUT2D eigenvalue weighted by atomic mass is 10.8. The summed E-state index contributed by atoms with van der Waals surface area (Å²) in [5, 5.41) is 0. The van der Waals surface area contributed by atoms with Gasteiger partial charge in [0.25, 0.3) is 0 Å². The molecule has 2 N–H and O–H groups in total. The fourth-order valence-corrected chi connectivity index (χ4v) is 0.709. The highest BCUT2D eigenvalue weighted by molar-refractivity contribution is 7.89. The van der Waals surface area contributed by atoms with Crippen LogP contribution in [0.15, 0.2) is 0 Å². The molecular weight excluding hydrogens is 128 g/mol. The van der Waals surface area contributed by atoms with Crippen LogP contribution in [0, 0.1) is 0 Å². The van der Waals surface area contributed by atoms with Gasteiger partial charge in [-0.25, -0.2) is 13.1 Å². The predicted octanol–water partition coefficient (Wildman–Crippen LogP) is -1.18. The molecule has 0 amide bonds. The van der Waals surface area contributed by atoms with E-state index in [4.69, 9.17) is 5.73 Å². The van der Waals surface area contributed by atoms with Gasteiger partial charge in [0.2, 0.25) is 10.0 Å². The summed E-state index contributed by atoms with van der Waals surface area (Å²) < 4.78 is 22.8. The lowest BCUT2D eigenvalue weighted by molar-refractivity contribution is 0.588. The Balaban J connectivity index is 3.76. The normalized spacial score (nSPS) is 11.8. The quantitative estimate of drug-likeness (QED) is 0.532. The van der Waals surface area contributed by atoms with Crippen molar-refractivity contribution >= 4 is 10.0 Å². The zero-order valence-electron chi connectivity index (χ0n) is 4.64. The first-order valence-electron chi connectivity index (χ1n) is 2.18. The molecule has 0 atom stereocenters. The maximum Gasteiger partial charge on any atom is 0.212 e. The van der Waals surface area contributed by atoms with Crippen LogP contribution < -0.4 is 10.5 Å². The van der Waals surface area contributed by atoms with Crippen molar-refractivity contribution < 1.29 is 8.42 Å². The fourth-order valence-electron chi connectivity index (χ4n) is 0.236. The van der Waals surface area contributed by atoms with Crippen molar-refractivity contribution in [2.45, 2.75) is 0 Å². The second-order valence-electron chi connectivity index (χ2n) is 1.27. The molecule has 0 aromatic rings. The van der Waals surface area contributed by atoms with Crippen molar-refractivity contribution in [3.63, 3.8) is 0 Å². The van der Waals surface area contributed by atoms with E-state index in [-0.39, 0.29) is 12.3 Å².